The number of carbonyl (C=O) groups excluding carboxylic acids is 1. The molecular formula is C16H31N3O. The van der Waals surface area contributed by atoms with Crippen LogP contribution >= 0.6 is 0 Å². The molecule has 2 aliphatic rings. The highest BCUT2D eigenvalue weighted by atomic mass is 16.2. The third-order valence-electron chi connectivity index (χ3n) is 5.05. The average Bonchev–Trinajstić information content (AvgIpc) is 2.65. The minimum atomic E-state index is -0.366. The van der Waals surface area contributed by atoms with Gasteiger partial charge in [0.15, 0.2) is 0 Å². The van der Waals surface area contributed by atoms with E-state index in [0.29, 0.717) is 17.7 Å². The van der Waals surface area contributed by atoms with Crippen LogP contribution in [0, 0.1) is 11.8 Å². The molecule has 3 atom stereocenters. The summed E-state index contributed by atoms with van der Waals surface area (Å²) in [6, 6.07) is 0. The summed E-state index contributed by atoms with van der Waals surface area (Å²) in [4.78, 5) is 17.3. The molecule has 0 aliphatic carbocycles. The van der Waals surface area contributed by atoms with Crippen LogP contribution in [-0.4, -0.2) is 54.1 Å². The van der Waals surface area contributed by atoms with Crippen LogP contribution in [0.15, 0.2) is 0 Å². The van der Waals surface area contributed by atoms with Crippen LogP contribution in [0.3, 0.4) is 0 Å². The molecule has 116 valence electrons. The normalized spacial score (nSPS) is 36.1. The lowest BCUT2D eigenvalue weighted by atomic mass is 9.96. The number of carbonyl (C=O) groups is 1. The fourth-order valence-corrected chi connectivity index (χ4v) is 3.59. The molecule has 2 aliphatic heterocycles. The van der Waals surface area contributed by atoms with Crippen LogP contribution in [0.4, 0.5) is 0 Å². The van der Waals surface area contributed by atoms with Crippen molar-refractivity contribution in [1.82, 2.24) is 15.1 Å². The van der Waals surface area contributed by atoms with Crippen molar-refractivity contribution in [2.45, 2.75) is 58.7 Å². The molecule has 0 saturated carbocycles. The van der Waals surface area contributed by atoms with E-state index in [1.807, 2.05) is 0 Å². The van der Waals surface area contributed by atoms with E-state index in [1.165, 1.54) is 19.4 Å². The van der Waals surface area contributed by atoms with Gasteiger partial charge in [-0.3, -0.25) is 10.1 Å². The van der Waals surface area contributed by atoms with Gasteiger partial charge in [-0.15, -0.1) is 0 Å². The van der Waals surface area contributed by atoms with Crippen LogP contribution in [0.2, 0.25) is 0 Å². The largest absolute Gasteiger partial charge is 0.325 e. The SMILES string of the molecule is CCC1(C)NC(C(C)C)N(CC2CCCN(C)C2)C1=O. The minimum Gasteiger partial charge on any atom is -0.325 e. The van der Waals surface area contributed by atoms with E-state index in [-0.39, 0.29) is 11.7 Å². The predicted molar refractivity (Wildman–Crippen MR) is 82.4 cm³/mol. The van der Waals surface area contributed by atoms with Gasteiger partial charge in [-0.25, -0.2) is 0 Å². The highest BCUT2D eigenvalue weighted by Crippen LogP contribution is 2.29. The maximum Gasteiger partial charge on any atom is 0.243 e. The maximum atomic E-state index is 12.8. The molecule has 2 saturated heterocycles. The zero-order chi connectivity index (χ0) is 14.9. The number of amides is 1. The third kappa shape index (κ3) is 3.01. The zero-order valence-corrected chi connectivity index (χ0v) is 13.8. The first-order valence-corrected chi connectivity index (χ1v) is 8.14. The first-order valence-electron chi connectivity index (χ1n) is 8.14. The molecule has 2 fully saturated rings. The molecule has 1 N–H and O–H groups in total. The Morgan fingerprint density at radius 1 is 1.45 bits per heavy atom. The number of piperidine rings is 1. The molecule has 20 heavy (non-hydrogen) atoms. The Kier molecular flexibility index (Phi) is 4.75. The van der Waals surface area contributed by atoms with Gasteiger partial charge < -0.3 is 9.80 Å². The number of nitrogens with zero attached hydrogens (tertiary/aromatic N) is 2. The Balaban J connectivity index is 2.09. The van der Waals surface area contributed by atoms with E-state index in [0.717, 1.165) is 19.5 Å². The van der Waals surface area contributed by atoms with Gasteiger partial charge in [-0.1, -0.05) is 20.8 Å². The highest BCUT2D eigenvalue weighted by molar-refractivity contribution is 5.88. The minimum absolute atomic E-state index is 0.194. The van der Waals surface area contributed by atoms with E-state index in [4.69, 9.17) is 0 Å². The van der Waals surface area contributed by atoms with Crippen molar-refractivity contribution in [3.05, 3.63) is 0 Å². The Morgan fingerprint density at radius 3 is 2.70 bits per heavy atom. The van der Waals surface area contributed by atoms with Crippen LogP contribution in [-0.2, 0) is 4.79 Å². The molecule has 0 aromatic heterocycles. The Morgan fingerprint density at radius 2 is 2.15 bits per heavy atom. The Hall–Kier alpha value is -0.610. The van der Waals surface area contributed by atoms with Crippen molar-refractivity contribution in [3.63, 3.8) is 0 Å². The first kappa shape index (κ1) is 15.8. The summed E-state index contributed by atoms with van der Waals surface area (Å²) in [6.07, 6.45) is 3.56. The van der Waals surface area contributed by atoms with Crippen molar-refractivity contribution >= 4 is 5.91 Å². The van der Waals surface area contributed by atoms with Crippen LogP contribution in [0.25, 0.3) is 0 Å². The molecule has 0 spiro atoms. The van der Waals surface area contributed by atoms with E-state index in [1.54, 1.807) is 0 Å². The van der Waals surface area contributed by atoms with Crippen molar-refractivity contribution in [1.29, 1.82) is 0 Å². The van der Waals surface area contributed by atoms with Crippen molar-refractivity contribution in [3.8, 4) is 0 Å². The fourth-order valence-electron chi connectivity index (χ4n) is 3.59. The molecule has 1 amide bonds. The molecule has 0 aromatic rings. The molecular weight excluding hydrogens is 250 g/mol. The van der Waals surface area contributed by atoms with E-state index < -0.39 is 0 Å². The van der Waals surface area contributed by atoms with Crippen LogP contribution < -0.4 is 5.32 Å². The second-order valence-electron chi connectivity index (χ2n) is 7.25. The zero-order valence-electron chi connectivity index (χ0n) is 13.8. The average molecular weight is 281 g/mol. The lowest BCUT2D eigenvalue weighted by molar-refractivity contribution is -0.134. The molecule has 0 aromatic carbocycles. The summed E-state index contributed by atoms with van der Waals surface area (Å²) < 4.78 is 0. The third-order valence-corrected chi connectivity index (χ3v) is 5.05. The van der Waals surface area contributed by atoms with Gasteiger partial charge in [0.2, 0.25) is 5.91 Å². The first-order chi connectivity index (χ1) is 9.37. The molecule has 4 nitrogen and oxygen atoms in total. The fraction of sp³-hybridized carbons (Fsp3) is 0.938. The summed E-state index contributed by atoms with van der Waals surface area (Å²) in [5.74, 6) is 1.38. The van der Waals surface area contributed by atoms with Crippen molar-refractivity contribution < 1.29 is 4.79 Å². The van der Waals surface area contributed by atoms with Crippen molar-refractivity contribution in [2.24, 2.45) is 11.8 Å². The van der Waals surface area contributed by atoms with E-state index in [2.05, 4.69) is 49.9 Å². The smallest absolute Gasteiger partial charge is 0.243 e. The Labute approximate surface area is 123 Å². The number of hydrogen-bond donors (Lipinski definition) is 1. The van der Waals surface area contributed by atoms with E-state index >= 15 is 0 Å². The molecule has 2 rings (SSSR count). The van der Waals surface area contributed by atoms with Crippen LogP contribution in [0.1, 0.15) is 47.0 Å². The van der Waals surface area contributed by atoms with Crippen molar-refractivity contribution in [2.75, 3.05) is 26.7 Å². The number of hydrogen-bond acceptors (Lipinski definition) is 3. The molecule has 2 heterocycles. The van der Waals surface area contributed by atoms with Gasteiger partial charge in [-0.2, -0.15) is 0 Å². The van der Waals surface area contributed by atoms with Crippen LogP contribution in [0.5, 0.6) is 0 Å². The summed E-state index contributed by atoms with van der Waals surface area (Å²) in [5.41, 5.74) is -0.366. The second-order valence-corrected chi connectivity index (χ2v) is 7.25. The number of nitrogens with one attached hydrogen (secondary N) is 1. The molecule has 3 unspecified atom stereocenters. The lowest BCUT2D eigenvalue weighted by Gasteiger charge is -2.35. The molecule has 4 heteroatoms. The van der Waals surface area contributed by atoms with Gasteiger partial charge in [0.25, 0.3) is 0 Å². The molecule has 0 bridgehead atoms. The summed E-state index contributed by atoms with van der Waals surface area (Å²) in [5, 5.41) is 3.58. The van der Waals surface area contributed by atoms with Gasteiger partial charge in [-0.05, 0) is 51.6 Å². The predicted octanol–water partition coefficient (Wildman–Crippen LogP) is 1.91. The number of likely N-dealkylation sites (tertiary alicyclic amines) is 1. The van der Waals surface area contributed by atoms with E-state index in [9.17, 15) is 4.79 Å². The Bertz CT molecular complexity index is 358. The standard InChI is InChI=1S/C16H31N3O/c1-6-16(4)15(20)19(14(17-16)12(2)3)11-13-8-7-9-18(5)10-13/h12-14,17H,6-11H2,1-5H3. The van der Waals surface area contributed by atoms with Gasteiger partial charge in [0.1, 0.15) is 0 Å². The summed E-state index contributed by atoms with van der Waals surface area (Å²) >= 11 is 0. The lowest BCUT2D eigenvalue weighted by Crippen LogP contribution is -2.46. The summed E-state index contributed by atoms with van der Waals surface area (Å²) in [7, 11) is 2.19. The maximum absolute atomic E-state index is 12.8. The topological polar surface area (TPSA) is 35.6 Å². The molecule has 0 radical (unpaired) electrons. The van der Waals surface area contributed by atoms with Gasteiger partial charge in [0, 0.05) is 13.1 Å². The van der Waals surface area contributed by atoms with Gasteiger partial charge >= 0.3 is 0 Å². The second kappa shape index (κ2) is 6.02. The number of rotatable bonds is 4. The highest BCUT2D eigenvalue weighted by Gasteiger charge is 2.47. The van der Waals surface area contributed by atoms with Gasteiger partial charge in [0.05, 0.1) is 11.7 Å². The quantitative estimate of drug-likeness (QED) is 0.855. The monoisotopic (exact) mass is 281 g/mol. The summed E-state index contributed by atoms with van der Waals surface area (Å²) in [6.45, 7) is 11.8.